The summed E-state index contributed by atoms with van der Waals surface area (Å²) in [7, 11) is 0. The lowest BCUT2D eigenvalue weighted by atomic mass is 9.86. The second-order valence-electron chi connectivity index (χ2n) is 5.35. The summed E-state index contributed by atoms with van der Waals surface area (Å²) in [6.45, 7) is 3.04. The van der Waals surface area contributed by atoms with Gasteiger partial charge in [-0.15, -0.1) is 11.3 Å². The fourth-order valence-corrected chi connectivity index (χ4v) is 3.47. The van der Waals surface area contributed by atoms with Crippen LogP contribution >= 0.6 is 11.3 Å². The standard InChI is InChI=1S/C15H22N2O3S/c1-2-20-15(19)10-3-5-12(6-4-10)17-8-13-7-11(9-21-13)14(16)18/h7,9-10,12,17H,2-6,8H2,1H3,(H2,16,18). The Morgan fingerprint density at radius 2 is 2.10 bits per heavy atom. The molecule has 21 heavy (non-hydrogen) atoms. The van der Waals surface area contributed by atoms with Crippen molar-refractivity contribution in [3.8, 4) is 0 Å². The average molecular weight is 310 g/mol. The highest BCUT2D eigenvalue weighted by molar-refractivity contribution is 7.10. The predicted molar refractivity (Wildman–Crippen MR) is 82.1 cm³/mol. The molecule has 6 heteroatoms. The van der Waals surface area contributed by atoms with Gasteiger partial charge in [-0.25, -0.2) is 0 Å². The monoisotopic (exact) mass is 310 g/mol. The van der Waals surface area contributed by atoms with Crippen molar-refractivity contribution in [1.29, 1.82) is 0 Å². The Labute approximate surface area is 128 Å². The lowest BCUT2D eigenvalue weighted by Gasteiger charge is -2.27. The van der Waals surface area contributed by atoms with E-state index < -0.39 is 0 Å². The first-order chi connectivity index (χ1) is 10.1. The highest BCUT2D eigenvalue weighted by atomic mass is 32.1. The second-order valence-corrected chi connectivity index (χ2v) is 6.34. The quantitative estimate of drug-likeness (QED) is 0.788. The maximum atomic E-state index is 11.7. The minimum Gasteiger partial charge on any atom is -0.466 e. The Bertz CT molecular complexity index is 493. The molecule has 0 radical (unpaired) electrons. The number of rotatable bonds is 6. The lowest BCUT2D eigenvalue weighted by molar-refractivity contribution is -0.149. The zero-order valence-electron chi connectivity index (χ0n) is 12.3. The zero-order chi connectivity index (χ0) is 15.2. The van der Waals surface area contributed by atoms with Gasteiger partial charge in [0.05, 0.1) is 18.1 Å². The molecular weight excluding hydrogens is 288 g/mol. The van der Waals surface area contributed by atoms with E-state index in [9.17, 15) is 9.59 Å². The molecule has 1 aromatic heterocycles. The third kappa shape index (κ3) is 4.54. The molecule has 0 aliphatic heterocycles. The summed E-state index contributed by atoms with van der Waals surface area (Å²) < 4.78 is 5.07. The number of hydrogen-bond donors (Lipinski definition) is 2. The number of nitrogens with two attached hydrogens (primary N) is 1. The zero-order valence-corrected chi connectivity index (χ0v) is 13.1. The van der Waals surface area contributed by atoms with Crippen molar-refractivity contribution in [2.75, 3.05) is 6.61 Å². The van der Waals surface area contributed by atoms with E-state index >= 15 is 0 Å². The van der Waals surface area contributed by atoms with E-state index in [-0.39, 0.29) is 17.8 Å². The van der Waals surface area contributed by atoms with Crippen molar-refractivity contribution in [3.63, 3.8) is 0 Å². The van der Waals surface area contributed by atoms with E-state index in [1.54, 1.807) is 16.7 Å². The predicted octanol–water partition coefficient (Wildman–Crippen LogP) is 2.06. The smallest absolute Gasteiger partial charge is 0.308 e. The van der Waals surface area contributed by atoms with Gasteiger partial charge in [0.2, 0.25) is 5.91 Å². The van der Waals surface area contributed by atoms with Gasteiger partial charge in [-0.2, -0.15) is 0 Å². The van der Waals surface area contributed by atoms with E-state index in [0.29, 0.717) is 18.2 Å². The Balaban J connectivity index is 1.73. The van der Waals surface area contributed by atoms with Gasteiger partial charge in [0.15, 0.2) is 0 Å². The number of hydrogen-bond acceptors (Lipinski definition) is 5. The molecule has 1 amide bonds. The van der Waals surface area contributed by atoms with E-state index in [1.165, 1.54) is 0 Å². The van der Waals surface area contributed by atoms with Gasteiger partial charge in [0, 0.05) is 22.8 Å². The first-order valence-corrected chi connectivity index (χ1v) is 8.25. The minimum atomic E-state index is -0.382. The van der Waals surface area contributed by atoms with Gasteiger partial charge in [-0.3, -0.25) is 9.59 Å². The number of amides is 1. The van der Waals surface area contributed by atoms with Crippen LogP contribution < -0.4 is 11.1 Å². The van der Waals surface area contributed by atoms with E-state index in [2.05, 4.69) is 5.32 Å². The van der Waals surface area contributed by atoms with Gasteiger partial charge in [-0.1, -0.05) is 0 Å². The Morgan fingerprint density at radius 1 is 1.38 bits per heavy atom. The van der Waals surface area contributed by atoms with Crippen LogP contribution in [0.25, 0.3) is 0 Å². The largest absolute Gasteiger partial charge is 0.466 e. The molecule has 116 valence electrons. The van der Waals surface area contributed by atoms with Crippen LogP contribution in [0.3, 0.4) is 0 Å². The van der Waals surface area contributed by atoms with Crippen molar-refractivity contribution in [2.45, 2.75) is 45.2 Å². The maximum absolute atomic E-state index is 11.7. The van der Waals surface area contributed by atoms with Gasteiger partial charge < -0.3 is 15.8 Å². The Hall–Kier alpha value is -1.40. The first-order valence-electron chi connectivity index (χ1n) is 7.37. The molecule has 1 aromatic rings. The average Bonchev–Trinajstić information content (AvgIpc) is 2.95. The number of esters is 1. The summed E-state index contributed by atoms with van der Waals surface area (Å²) in [5.41, 5.74) is 5.81. The van der Waals surface area contributed by atoms with Crippen LogP contribution in [0.2, 0.25) is 0 Å². The van der Waals surface area contributed by atoms with Crippen molar-refractivity contribution in [1.82, 2.24) is 5.32 Å². The number of ether oxygens (including phenoxy) is 1. The van der Waals surface area contributed by atoms with Crippen molar-refractivity contribution in [2.24, 2.45) is 11.7 Å². The highest BCUT2D eigenvalue weighted by Gasteiger charge is 2.26. The van der Waals surface area contributed by atoms with Crippen LogP contribution in [0.4, 0.5) is 0 Å². The fraction of sp³-hybridized carbons (Fsp3) is 0.600. The van der Waals surface area contributed by atoms with Crippen LogP contribution in [0.15, 0.2) is 11.4 Å². The van der Waals surface area contributed by atoms with Gasteiger partial charge in [0.1, 0.15) is 0 Å². The van der Waals surface area contributed by atoms with E-state index in [4.69, 9.17) is 10.5 Å². The summed E-state index contributed by atoms with van der Waals surface area (Å²) >= 11 is 1.54. The highest BCUT2D eigenvalue weighted by Crippen LogP contribution is 2.26. The summed E-state index contributed by atoms with van der Waals surface area (Å²) in [6.07, 6.45) is 3.73. The Kier molecular flexibility index (Phi) is 5.76. The second kappa shape index (κ2) is 7.56. The first kappa shape index (κ1) is 16.0. The molecule has 5 nitrogen and oxygen atoms in total. The molecule has 1 aliphatic carbocycles. The van der Waals surface area contributed by atoms with E-state index in [0.717, 1.165) is 37.1 Å². The van der Waals surface area contributed by atoms with Crippen LogP contribution in [-0.2, 0) is 16.1 Å². The number of thiophene rings is 1. The van der Waals surface area contributed by atoms with Crippen LogP contribution in [0.5, 0.6) is 0 Å². The molecule has 0 unspecified atom stereocenters. The molecule has 0 saturated heterocycles. The lowest BCUT2D eigenvalue weighted by Crippen LogP contribution is -2.34. The summed E-state index contributed by atoms with van der Waals surface area (Å²) in [5, 5.41) is 5.28. The molecule has 3 N–H and O–H groups in total. The van der Waals surface area contributed by atoms with Crippen LogP contribution in [-0.4, -0.2) is 24.5 Å². The molecule has 1 fully saturated rings. The van der Waals surface area contributed by atoms with Gasteiger partial charge in [-0.05, 0) is 38.7 Å². The fourth-order valence-electron chi connectivity index (χ4n) is 2.64. The molecule has 0 bridgehead atoms. The van der Waals surface area contributed by atoms with Crippen molar-refractivity contribution >= 4 is 23.2 Å². The summed E-state index contributed by atoms with van der Waals surface area (Å²) in [6, 6.07) is 2.26. The molecule has 1 saturated carbocycles. The van der Waals surface area contributed by atoms with Gasteiger partial charge in [0.25, 0.3) is 0 Å². The van der Waals surface area contributed by atoms with Crippen molar-refractivity contribution in [3.05, 3.63) is 21.9 Å². The molecule has 2 rings (SSSR count). The molecule has 0 spiro atoms. The summed E-state index contributed by atoms with van der Waals surface area (Å²) in [5.74, 6) is -0.376. The minimum absolute atomic E-state index is 0.0553. The van der Waals surface area contributed by atoms with Gasteiger partial charge >= 0.3 is 5.97 Å². The van der Waals surface area contributed by atoms with Crippen LogP contribution in [0.1, 0.15) is 47.8 Å². The summed E-state index contributed by atoms with van der Waals surface area (Å²) in [4.78, 5) is 23.8. The SMILES string of the molecule is CCOC(=O)C1CCC(NCc2cc(C(N)=O)cs2)CC1. The molecule has 0 atom stereocenters. The molecule has 0 aromatic carbocycles. The van der Waals surface area contributed by atoms with E-state index in [1.807, 2.05) is 13.0 Å². The van der Waals surface area contributed by atoms with Crippen molar-refractivity contribution < 1.29 is 14.3 Å². The normalized spacial score (nSPS) is 22.0. The topological polar surface area (TPSA) is 81.4 Å². The maximum Gasteiger partial charge on any atom is 0.308 e. The molecule has 1 aliphatic rings. The molecular formula is C15H22N2O3S. The number of primary amides is 1. The van der Waals surface area contributed by atoms with Crippen LogP contribution in [0, 0.1) is 5.92 Å². The third-order valence-electron chi connectivity index (χ3n) is 3.85. The number of nitrogens with one attached hydrogen (secondary N) is 1. The number of carbonyl (C=O) groups is 2. The number of carbonyl (C=O) groups excluding carboxylic acids is 2. The Morgan fingerprint density at radius 3 is 2.67 bits per heavy atom. The molecule has 1 heterocycles. The third-order valence-corrected chi connectivity index (χ3v) is 4.79.